The standard InChI is InChI=1S/C22H26ClNO5/c1-13-14(2)21(26)29-18-10-19(17(23)9-16(13)18)28-12-20(25)24-8-7-22(27)6-4-3-5-15(22)11-24/h9-10,15,27H,3-8,11-12H2,1-2H3/t15-,22+/m1/s1. The summed E-state index contributed by atoms with van der Waals surface area (Å²) < 4.78 is 11.0. The van der Waals surface area contributed by atoms with Crippen molar-refractivity contribution in [1.29, 1.82) is 0 Å². The molecule has 2 aliphatic rings. The van der Waals surface area contributed by atoms with Crippen molar-refractivity contribution >= 4 is 28.5 Å². The molecule has 1 aliphatic carbocycles. The Morgan fingerprint density at radius 2 is 2.10 bits per heavy atom. The third kappa shape index (κ3) is 3.76. The third-order valence-corrected chi connectivity index (χ3v) is 6.94. The molecule has 1 amide bonds. The number of piperidine rings is 1. The Morgan fingerprint density at radius 1 is 1.31 bits per heavy atom. The molecule has 4 rings (SSSR count). The summed E-state index contributed by atoms with van der Waals surface area (Å²) >= 11 is 6.34. The van der Waals surface area contributed by atoms with Gasteiger partial charge in [0.1, 0.15) is 11.3 Å². The molecule has 2 atom stereocenters. The third-order valence-electron chi connectivity index (χ3n) is 6.64. The predicted octanol–water partition coefficient (Wildman–Crippen LogP) is 3.60. The largest absolute Gasteiger partial charge is 0.482 e. The molecule has 2 fully saturated rings. The summed E-state index contributed by atoms with van der Waals surface area (Å²) in [7, 11) is 0. The van der Waals surface area contributed by atoms with E-state index in [-0.39, 0.29) is 18.4 Å². The number of aliphatic hydroxyl groups is 1. The fourth-order valence-electron chi connectivity index (χ4n) is 4.58. The van der Waals surface area contributed by atoms with Crippen LogP contribution in [-0.4, -0.2) is 41.2 Å². The molecule has 0 radical (unpaired) electrons. The first-order valence-corrected chi connectivity index (χ1v) is 10.5. The fraction of sp³-hybridized carbons (Fsp3) is 0.545. The summed E-state index contributed by atoms with van der Waals surface area (Å²) in [6, 6.07) is 3.26. The van der Waals surface area contributed by atoms with E-state index in [2.05, 4.69) is 0 Å². The minimum absolute atomic E-state index is 0.129. The van der Waals surface area contributed by atoms with Crippen LogP contribution in [0.25, 0.3) is 11.0 Å². The Morgan fingerprint density at radius 3 is 2.90 bits per heavy atom. The van der Waals surface area contributed by atoms with Gasteiger partial charge >= 0.3 is 5.63 Å². The normalized spacial score (nSPS) is 24.4. The van der Waals surface area contributed by atoms with Gasteiger partial charge in [0.05, 0.1) is 10.6 Å². The first kappa shape index (κ1) is 20.2. The van der Waals surface area contributed by atoms with Gasteiger partial charge in [0, 0.05) is 36.0 Å². The lowest BCUT2D eigenvalue weighted by molar-refractivity contribution is -0.145. The zero-order chi connectivity index (χ0) is 20.8. The number of halogens is 1. The van der Waals surface area contributed by atoms with E-state index in [0.717, 1.165) is 36.6 Å². The van der Waals surface area contributed by atoms with Crippen LogP contribution in [-0.2, 0) is 4.79 Å². The average molecular weight is 420 g/mol. The van der Waals surface area contributed by atoms with Gasteiger partial charge in [0.2, 0.25) is 0 Å². The van der Waals surface area contributed by atoms with Crippen molar-refractivity contribution in [1.82, 2.24) is 4.90 Å². The number of benzene rings is 1. The molecule has 0 spiro atoms. The van der Waals surface area contributed by atoms with E-state index in [4.69, 9.17) is 20.8 Å². The molecule has 1 aliphatic heterocycles. The molecule has 7 heteroatoms. The fourth-order valence-corrected chi connectivity index (χ4v) is 4.80. The summed E-state index contributed by atoms with van der Waals surface area (Å²) in [6.45, 7) is 4.51. The van der Waals surface area contributed by atoms with Crippen LogP contribution in [0, 0.1) is 19.8 Å². The molecule has 0 unspecified atom stereocenters. The molecule has 29 heavy (non-hydrogen) atoms. The summed E-state index contributed by atoms with van der Waals surface area (Å²) in [4.78, 5) is 26.4. The number of carbonyl (C=O) groups excluding carboxylic acids is 1. The number of carbonyl (C=O) groups is 1. The lowest BCUT2D eigenvalue weighted by atomic mass is 9.71. The van der Waals surface area contributed by atoms with E-state index in [1.807, 2.05) is 6.92 Å². The van der Waals surface area contributed by atoms with Crippen molar-refractivity contribution < 1.29 is 19.1 Å². The van der Waals surface area contributed by atoms with Crippen molar-refractivity contribution in [3.05, 3.63) is 38.7 Å². The molecule has 156 valence electrons. The maximum absolute atomic E-state index is 12.7. The average Bonchev–Trinajstić information content (AvgIpc) is 2.70. The van der Waals surface area contributed by atoms with E-state index < -0.39 is 11.2 Å². The maximum Gasteiger partial charge on any atom is 0.339 e. The van der Waals surface area contributed by atoms with E-state index in [1.165, 1.54) is 0 Å². The molecule has 1 N–H and O–H groups in total. The Kier molecular flexibility index (Phi) is 5.34. The van der Waals surface area contributed by atoms with Gasteiger partial charge in [-0.15, -0.1) is 0 Å². The maximum atomic E-state index is 12.7. The minimum Gasteiger partial charge on any atom is -0.482 e. The molecular formula is C22H26ClNO5. The monoisotopic (exact) mass is 419 g/mol. The highest BCUT2D eigenvalue weighted by atomic mass is 35.5. The van der Waals surface area contributed by atoms with Crippen molar-refractivity contribution in [2.45, 2.75) is 51.6 Å². The lowest BCUT2D eigenvalue weighted by Gasteiger charge is -2.47. The highest BCUT2D eigenvalue weighted by Crippen LogP contribution is 2.40. The van der Waals surface area contributed by atoms with E-state index in [1.54, 1.807) is 24.0 Å². The molecule has 2 heterocycles. The van der Waals surface area contributed by atoms with Crippen molar-refractivity contribution in [2.75, 3.05) is 19.7 Å². The van der Waals surface area contributed by atoms with Gasteiger partial charge in [0.15, 0.2) is 6.61 Å². The zero-order valence-electron chi connectivity index (χ0n) is 16.8. The van der Waals surface area contributed by atoms with Gasteiger partial charge in [-0.3, -0.25) is 4.79 Å². The predicted molar refractivity (Wildman–Crippen MR) is 111 cm³/mol. The second-order valence-corrected chi connectivity index (χ2v) is 8.75. The molecule has 2 aromatic rings. The summed E-state index contributed by atoms with van der Waals surface area (Å²) in [5.41, 5.74) is 0.729. The van der Waals surface area contributed by atoms with Crippen LogP contribution in [0.4, 0.5) is 0 Å². The number of rotatable bonds is 3. The van der Waals surface area contributed by atoms with Gasteiger partial charge in [-0.25, -0.2) is 4.79 Å². The second-order valence-electron chi connectivity index (χ2n) is 8.34. The molecule has 1 saturated heterocycles. The number of likely N-dealkylation sites (tertiary alicyclic amines) is 1. The van der Waals surface area contributed by atoms with Crippen molar-refractivity contribution in [2.24, 2.45) is 5.92 Å². The summed E-state index contributed by atoms with van der Waals surface area (Å²) in [5.74, 6) is 0.319. The van der Waals surface area contributed by atoms with E-state index >= 15 is 0 Å². The van der Waals surface area contributed by atoms with Gasteiger partial charge in [-0.1, -0.05) is 24.4 Å². The van der Waals surface area contributed by atoms with Gasteiger partial charge in [0.25, 0.3) is 5.91 Å². The summed E-state index contributed by atoms with van der Waals surface area (Å²) in [6.07, 6.45) is 4.55. The van der Waals surface area contributed by atoms with Crippen LogP contribution < -0.4 is 10.4 Å². The molecule has 0 bridgehead atoms. The second kappa shape index (κ2) is 7.65. The first-order valence-electron chi connectivity index (χ1n) is 10.1. The Balaban J connectivity index is 1.47. The lowest BCUT2D eigenvalue weighted by Crippen LogP contribution is -2.55. The number of amides is 1. The topological polar surface area (TPSA) is 80.0 Å². The van der Waals surface area contributed by atoms with Gasteiger partial charge in [-0.2, -0.15) is 0 Å². The number of nitrogens with zero attached hydrogens (tertiary/aromatic N) is 1. The van der Waals surface area contributed by atoms with E-state index in [0.29, 0.717) is 41.4 Å². The first-order chi connectivity index (χ1) is 13.8. The van der Waals surface area contributed by atoms with Gasteiger partial charge in [-0.05, 0) is 44.7 Å². The van der Waals surface area contributed by atoms with Crippen LogP contribution in [0.3, 0.4) is 0 Å². The number of ether oxygens (including phenoxy) is 1. The minimum atomic E-state index is -0.620. The molecule has 1 aromatic carbocycles. The highest BCUT2D eigenvalue weighted by molar-refractivity contribution is 6.32. The summed E-state index contributed by atoms with van der Waals surface area (Å²) in [5, 5.41) is 11.9. The van der Waals surface area contributed by atoms with Crippen LogP contribution in [0.15, 0.2) is 21.3 Å². The quantitative estimate of drug-likeness (QED) is 0.769. The molecule has 1 saturated carbocycles. The number of hydrogen-bond acceptors (Lipinski definition) is 5. The van der Waals surface area contributed by atoms with Crippen LogP contribution in [0.2, 0.25) is 5.02 Å². The van der Waals surface area contributed by atoms with E-state index in [9.17, 15) is 14.7 Å². The Labute approximate surface area is 174 Å². The highest BCUT2D eigenvalue weighted by Gasteiger charge is 2.43. The number of fused-ring (bicyclic) bond motifs is 2. The smallest absolute Gasteiger partial charge is 0.339 e. The number of hydrogen-bond donors (Lipinski definition) is 1. The molecule has 1 aromatic heterocycles. The molecule has 6 nitrogen and oxygen atoms in total. The van der Waals surface area contributed by atoms with Crippen LogP contribution in [0.5, 0.6) is 5.75 Å². The van der Waals surface area contributed by atoms with Crippen LogP contribution in [0.1, 0.15) is 43.2 Å². The van der Waals surface area contributed by atoms with Crippen LogP contribution >= 0.6 is 11.6 Å². The Hall–Kier alpha value is -2.05. The molecular weight excluding hydrogens is 394 g/mol. The van der Waals surface area contributed by atoms with Gasteiger partial charge < -0.3 is 19.2 Å². The zero-order valence-corrected chi connectivity index (χ0v) is 17.6. The van der Waals surface area contributed by atoms with Crippen molar-refractivity contribution in [3.8, 4) is 5.75 Å². The van der Waals surface area contributed by atoms with Crippen molar-refractivity contribution in [3.63, 3.8) is 0 Å². The Bertz CT molecular complexity index is 1020. The SMILES string of the molecule is Cc1c(C)c2cc(Cl)c(OCC(=O)N3CC[C@@]4(O)CCCC[C@@H]4C3)cc2oc1=O. The number of aryl methyl sites for hydroxylation is 1.